The summed E-state index contributed by atoms with van der Waals surface area (Å²) in [7, 11) is 1.60. The number of hydrogen-bond donors (Lipinski definition) is 0. The number of rotatable bonds is 3. The molecule has 0 aliphatic rings. The fourth-order valence-electron chi connectivity index (χ4n) is 2.12. The van der Waals surface area contributed by atoms with E-state index >= 15 is 0 Å². The molecule has 0 N–H and O–H groups in total. The Morgan fingerprint density at radius 1 is 1.11 bits per heavy atom. The third-order valence-electron chi connectivity index (χ3n) is 3.12. The van der Waals surface area contributed by atoms with E-state index in [4.69, 9.17) is 4.74 Å². The van der Waals surface area contributed by atoms with Crippen LogP contribution in [0, 0.1) is 13.8 Å². The predicted molar refractivity (Wildman–Crippen MR) is 80.0 cm³/mol. The number of ether oxygens (including phenoxy) is 1. The molecule has 19 heavy (non-hydrogen) atoms. The molecule has 0 unspecified atom stereocenters. The van der Waals surface area contributed by atoms with E-state index in [9.17, 15) is 4.79 Å². The van der Waals surface area contributed by atoms with Crippen molar-refractivity contribution in [2.75, 3.05) is 7.11 Å². The maximum absolute atomic E-state index is 12.6. The van der Waals surface area contributed by atoms with Crippen LogP contribution in [0.1, 0.15) is 27.0 Å². The summed E-state index contributed by atoms with van der Waals surface area (Å²) in [5.41, 5.74) is 3.43. The lowest BCUT2D eigenvalue weighted by atomic mass is 9.95. The largest absolute Gasteiger partial charge is 0.496 e. The monoisotopic (exact) mass is 318 g/mol. The molecule has 0 atom stereocenters. The molecular weight excluding hydrogens is 304 g/mol. The molecule has 0 aromatic heterocycles. The summed E-state index contributed by atoms with van der Waals surface area (Å²) in [5, 5.41) is 0. The van der Waals surface area contributed by atoms with Gasteiger partial charge in [-0.05, 0) is 59.1 Å². The van der Waals surface area contributed by atoms with Crippen LogP contribution in [0.4, 0.5) is 0 Å². The number of aryl methyl sites for hydroxylation is 2. The molecule has 98 valence electrons. The van der Waals surface area contributed by atoms with Crippen LogP contribution in [0.25, 0.3) is 0 Å². The van der Waals surface area contributed by atoms with Gasteiger partial charge in [-0.1, -0.05) is 18.2 Å². The lowest BCUT2D eigenvalue weighted by Gasteiger charge is -2.10. The number of hydrogen-bond acceptors (Lipinski definition) is 2. The molecule has 0 radical (unpaired) electrons. The van der Waals surface area contributed by atoms with Gasteiger partial charge in [0.1, 0.15) is 5.75 Å². The minimum Gasteiger partial charge on any atom is -0.496 e. The molecule has 2 aromatic rings. The fraction of sp³-hybridized carbons (Fsp3) is 0.188. The number of carbonyl (C=O) groups excluding carboxylic acids is 1. The topological polar surface area (TPSA) is 26.3 Å². The Kier molecular flexibility index (Phi) is 4.05. The first-order valence-electron chi connectivity index (χ1n) is 5.99. The number of halogens is 1. The second-order valence-corrected chi connectivity index (χ2v) is 5.30. The van der Waals surface area contributed by atoms with Crippen LogP contribution in [0.5, 0.6) is 5.75 Å². The van der Waals surface area contributed by atoms with Gasteiger partial charge in [-0.3, -0.25) is 4.79 Å². The molecule has 2 aromatic carbocycles. The Balaban J connectivity index is 2.48. The smallest absolute Gasteiger partial charge is 0.193 e. The highest BCUT2D eigenvalue weighted by Gasteiger charge is 2.15. The third-order valence-corrected chi connectivity index (χ3v) is 3.74. The molecule has 0 heterocycles. The molecule has 0 saturated carbocycles. The van der Waals surface area contributed by atoms with Crippen molar-refractivity contribution >= 4 is 21.7 Å². The first kappa shape index (κ1) is 13.8. The lowest BCUT2D eigenvalue weighted by Crippen LogP contribution is -2.06. The minimum absolute atomic E-state index is 0.0407. The van der Waals surface area contributed by atoms with Gasteiger partial charge in [-0.25, -0.2) is 0 Å². The van der Waals surface area contributed by atoms with Crippen molar-refractivity contribution in [1.82, 2.24) is 0 Å². The average molecular weight is 319 g/mol. The summed E-state index contributed by atoms with van der Waals surface area (Å²) >= 11 is 3.41. The van der Waals surface area contributed by atoms with Gasteiger partial charge >= 0.3 is 0 Å². The number of methoxy groups -OCH3 is 1. The molecule has 0 spiro atoms. The van der Waals surface area contributed by atoms with Gasteiger partial charge in [-0.15, -0.1) is 0 Å². The van der Waals surface area contributed by atoms with E-state index in [0.29, 0.717) is 5.56 Å². The van der Waals surface area contributed by atoms with Crippen LogP contribution in [0.3, 0.4) is 0 Å². The van der Waals surface area contributed by atoms with Crippen LogP contribution >= 0.6 is 15.9 Å². The molecule has 0 saturated heterocycles. The molecule has 0 aliphatic heterocycles. The summed E-state index contributed by atoms with van der Waals surface area (Å²) in [6, 6.07) is 11.3. The first-order chi connectivity index (χ1) is 9.04. The number of carbonyl (C=O) groups is 1. The maximum Gasteiger partial charge on any atom is 0.193 e. The van der Waals surface area contributed by atoms with Gasteiger partial charge < -0.3 is 4.74 Å². The van der Waals surface area contributed by atoms with Crippen molar-refractivity contribution in [3.63, 3.8) is 0 Å². The second kappa shape index (κ2) is 5.57. The van der Waals surface area contributed by atoms with Crippen molar-refractivity contribution in [3.8, 4) is 5.75 Å². The summed E-state index contributed by atoms with van der Waals surface area (Å²) in [4.78, 5) is 12.6. The summed E-state index contributed by atoms with van der Waals surface area (Å²) in [6.07, 6.45) is 0. The van der Waals surface area contributed by atoms with Gasteiger partial charge in [0.2, 0.25) is 0 Å². The Morgan fingerprint density at radius 2 is 1.74 bits per heavy atom. The van der Waals surface area contributed by atoms with Gasteiger partial charge in [-0.2, -0.15) is 0 Å². The Hall–Kier alpha value is -1.61. The zero-order valence-corrected chi connectivity index (χ0v) is 12.7. The van der Waals surface area contributed by atoms with E-state index in [2.05, 4.69) is 15.9 Å². The van der Waals surface area contributed by atoms with Gasteiger partial charge in [0.15, 0.2) is 5.78 Å². The molecule has 2 nitrogen and oxygen atoms in total. The van der Waals surface area contributed by atoms with Crippen LogP contribution in [0.2, 0.25) is 0 Å². The highest BCUT2D eigenvalue weighted by molar-refractivity contribution is 9.10. The van der Waals surface area contributed by atoms with E-state index in [1.165, 1.54) is 0 Å². The van der Waals surface area contributed by atoms with Crippen molar-refractivity contribution in [3.05, 3.63) is 63.1 Å². The standard InChI is InChI=1S/C16H15BrO2/c1-10-5-4-6-11(2)15(10)16(18)12-7-8-14(19-3)13(17)9-12/h4-9H,1-3H3. The van der Waals surface area contributed by atoms with Crippen molar-refractivity contribution in [1.29, 1.82) is 0 Å². The summed E-state index contributed by atoms with van der Waals surface area (Å²) in [5.74, 6) is 0.761. The highest BCUT2D eigenvalue weighted by Crippen LogP contribution is 2.27. The zero-order chi connectivity index (χ0) is 14.0. The van der Waals surface area contributed by atoms with Crippen molar-refractivity contribution in [2.45, 2.75) is 13.8 Å². The quantitative estimate of drug-likeness (QED) is 0.788. The molecule has 2 rings (SSSR count). The first-order valence-corrected chi connectivity index (χ1v) is 6.78. The third kappa shape index (κ3) is 2.71. The van der Waals surface area contributed by atoms with E-state index in [1.54, 1.807) is 25.3 Å². The van der Waals surface area contributed by atoms with Crippen LogP contribution in [-0.2, 0) is 0 Å². The number of ketones is 1. The van der Waals surface area contributed by atoms with Gasteiger partial charge in [0.05, 0.1) is 11.6 Å². The molecule has 0 bridgehead atoms. The second-order valence-electron chi connectivity index (χ2n) is 4.45. The molecular formula is C16H15BrO2. The Morgan fingerprint density at radius 3 is 2.26 bits per heavy atom. The SMILES string of the molecule is COc1ccc(C(=O)c2c(C)cccc2C)cc1Br. The van der Waals surface area contributed by atoms with Gasteiger partial charge in [0, 0.05) is 11.1 Å². The minimum atomic E-state index is 0.0407. The van der Waals surface area contributed by atoms with Gasteiger partial charge in [0.25, 0.3) is 0 Å². The highest BCUT2D eigenvalue weighted by atomic mass is 79.9. The predicted octanol–water partition coefficient (Wildman–Crippen LogP) is 4.31. The van der Waals surface area contributed by atoms with E-state index in [1.807, 2.05) is 32.0 Å². The van der Waals surface area contributed by atoms with E-state index in [-0.39, 0.29) is 5.78 Å². The zero-order valence-electron chi connectivity index (χ0n) is 11.2. The normalized spacial score (nSPS) is 10.3. The van der Waals surface area contributed by atoms with Crippen LogP contribution in [0.15, 0.2) is 40.9 Å². The van der Waals surface area contributed by atoms with Crippen molar-refractivity contribution in [2.24, 2.45) is 0 Å². The fourth-order valence-corrected chi connectivity index (χ4v) is 2.67. The maximum atomic E-state index is 12.6. The lowest BCUT2D eigenvalue weighted by molar-refractivity contribution is 0.103. The Labute approximate surface area is 121 Å². The van der Waals surface area contributed by atoms with Crippen molar-refractivity contribution < 1.29 is 9.53 Å². The molecule has 3 heteroatoms. The average Bonchev–Trinajstić information content (AvgIpc) is 2.38. The summed E-state index contributed by atoms with van der Waals surface area (Å²) in [6.45, 7) is 3.91. The number of benzene rings is 2. The van der Waals surface area contributed by atoms with E-state index < -0.39 is 0 Å². The Bertz CT molecular complexity index is 612. The van der Waals surface area contributed by atoms with Crippen LogP contribution < -0.4 is 4.74 Å². The summed E-state index contributed by atoms with van der Waals surface area (Å²) < 4.78 is 5.96. The molecule has 0 fully saturated rings. The molecule has 0 aliphatic carbocycles. The molecule has 0 amide bonds. The van der Waals surface area contributed by atoms with E-state index in [0.717, 1.165) is 26.9 Å². The van der Waals surface area contributed by atoms with Crippen LogP contribution in [-0.4, -0.2) is 12.9 Å².